The van der Waals surface area contributed by atoms with Crippen molar-refractivity contribution in [1.82, 2.24) is 4.98 Å². The number of nitrogens with zero attached hydrogens (tertiary/aromatic N) is 2. The second kappa shape index (κ2) is 4.43. The number of nitrogens with two attached hydrogens (primary N) is 1. The molecule has 0 saturated heterocycles. The Bertz CT molecular complexity index is 346. The summed E-state index contributed by atoms with van der Waals surface area (Å²) in [6.45, 7) is 0. The van der Waals surface area contributed by atoms with E-state index in [9.17, 15) is 0 Å². The molecule has 1 atom stereocenters. The van der Waals surface area contributed by atoms with Crippen molar-refractivity contribution < 1.29 is 0 Å². The van der Waals surface area contributed by atoms with E-state index in [1.807, 2.05) is 6.07 Å². The highest BCUT2D eigenvalue weighted by molar-refractivity contribution is 6.32. The van der Waals surface area contributed by atoms with Crippen molar-refractivity contribution in [3.63, 3.8) is 0 Å². The molecule has 1 rings (SSSR count). The Morgan fingerprint density at radius 3 is 2.77 bits per heavy atom. The number of halogens is 2. The maximum absolute atomic E-state index is 8.42. The standard InChI is InChI=1S/C8H7Cl2N3/c9-7-2-1-5(8(10)13-7)6(12)3-4-11/h1-2,6H,3,12H2/t6-/m0/s1. The van der Waals surface area contributed by atoms with Crippen LogP contribution in [-0.2, 0) is 0 Å². The Balaban J connectivity index is 2.96. The van der Waals surface area contributed by atoms with Crippen LogP contribution in [0.25, 0.3) is 0 Å². The Kier molecular flexibility index (Phi) is 3.49. The predicted octanol–water partition coefficient (Wildman–Crippen LogP) is 2.30. The molecule has 0 bridgehead atoms. The minimum Gasteiger partial charge on any atom is -0.323 e. The summed E-state index contributed by atoms with van der Waals surface area (Å²) in [5.74, 6) is 0. The summed E-state index contributed by atoms with van der Waals surface area (Å²) in [6.07, 6.45) is 0.211. The minimum atomic E-state index is -0.401. The van der Waals surface area contributed by atoms with Gasteiger partial charge in [-0.1, -0.05) is 29.3 Å². The lowest BCUT2D eigenvalue weighted by molar-refractivity contribution is 0.744. The lowest BCUT2D eigenvalue weighted by atomic mass is 10.1. The van der Waals surface area contributed by atoms with Gasteiger partial charge in [-0.05, 0) is 6.07 Å². The van der Waals surface area contributed by atoms with Crippen LogP contribution >= 0.6 is 23.2 Å². The molecule has 2 N–H and O–H groups in total. The highest BCUT2D eigenvalue weighted by Crippen LogP contribution is 2.23. The van der Waals surface area contributed by atoms with Crippen molar-refractivity contribution in [3.8, 4) is 6.07 Å². The summed E-state index contributed by atoms with van der Waals surface area (Å²) in [5, 5.41) is 9.00. The number of hydrogen-bond acceptors (Lipinski definition) is 3. The first-order valence-corrected chi connectivity index (χ1v) is 4.35. The highest BCUT2D eigenvalue weighted by atomic mass is 35.5. The Hall–Kier alpha value is -0.820. The van der Waals surface area contributed by atoms with Crippen molar-refractivity contribution in [3.05, 3.63) is 28.0 Å². The summed E-state index contributed by atoms with van der Waals surface area (Å²) >= 11 is 11.4. The molecule has 3 nitrogen and oxygen atoms in total. The van der Waals surface area contributed by atoms with Crippen LogP contribution in [0.4, 0.5) is 0 Å². The van der Waals surface area contributed by atoms with Gasteiger partial charge < -0.3 is 5.73 Å². The molecule has 0 aliphatic carbocycles. The molecule has 0 fully saturated rings. The third-order valence-corrected chi connectivity index (χ3v) is 2.07. The van der Waals surface area contributed by atoms with Crippen molar-refractivity contribution in [1.29, 1.82) is 5.26 Å². The normalized spacial score (nSPS) is 12.2. The molecule has 68 valence electrons. The zero-order valence-corrected chi connectivity index (χ0v) is 8.18. The van der Waals surface area contributed by atoms with Gasteiger partial charge in [0.05, 0.1) is 12.5 Å². The number of hydrogen-bond donors (Lipinski definition) is 1. The molecule has 1 aromatic rings. The van der Waals surface area contributed by atoms with Crippen LogP contribution in [-0.4, -0.2) is 4.98 Å². The summed E-state index contributed by atoms with van der Waals surface area (Å²) in [7, 11) is 0. The molecule has 0 amide bonds. The van der Waals surface area contributed by atoms with E-state index >= 15 is 0 Å². The van der Waals surface area contributed by atoms with Gasteiger partial charge in [-0.3, -0.25) is 0 Å². The van der Waals surface area contributed by atoms with E-state index < -0.39 is 6.04 Å². The summed E-state index contributed by atoms with van der Waals surface area (Å²) in [4.78, 5) is 3.82. The molecular weight excluding hydrogens is 209 g/mol. The van der Waals surface area contributed by atoms with Crippen molar-refractivity contribution in [2.45, 2.75) is 12.5 Å². The molecule has 0 saturated carbocycles. The Labute approximate surface area is 86.1 Å². The van der Waals surface area contributed by atoms with E-state index in [2.05, 4.69) is 4.98 Å². The highest BCUT2D eigenvalue weighted by Gasteiger charge is 2.10. The van der Waals surface area contributed by atoms with Crippen molar-refractivity contribution in [2.24, 2.45) is 5.73 Å². The third kappa shape index (κ3) is 2.56. The van der Waals surface area contributed by atoms with Gasteiger partial charge in [0.15, 0.2) is 0 Å². The fraction of sp³-hybridized carbons (Fsp3) is 0.250. The second-order valence-corrected chi connectivity index (χ2v) is 3.23. The van der Waals surface area contributed by atoms with Gasteiger partial charge in [-0.25, -0.2) is 4.98 Å². The molecule has 0 aromatic carbocycles. The van der Waals surface area contributed by atoms with Crippen LogP contribution in [0, 0.1) is 11.3 Å². The molecular formula is C8H7Cl2N3. The number of aromatic nitrogens is 1. The Morgan fingerprint density at radius 2 is 2.23 bits per heavy atom. The van der Waals surface area contributed by atoms with E-state index in [0.29, 0.717) is 10.7 Å². The number of rotatable bonds is 2. The van der Waals surface area contributed by atoms with Crippen LogP contribution < -0.4 is 5.73 Å². The Morgan fingerprint density at radius 1 is 1.54 bits per heavy atom. The largest absolute Gasteiger partial charge is 0.323 e. The average Bonchev–Trinajstić information content (AvgIpc) is 2.04. The van der Waals surface area contributed by atoms with E-state index in [0.717, 1.165) is 0 Å². The van der Waals surface area contributed by atoms with Gasteiger partial charge in [0.1, 0.15) is 10.3 Å². The molecule has 0 radical (unpaired) electrons. The van der Waals surface area contributed by atoms with Crippen LogP contribution in [0.1, 0.15) is 18.0 Å². The van der Waals surface area contributed by atoms with E-state index in [1.165, 1.54) is 0 Å². The van der Waals surface area contributed by atoms with Crippen molar-refractivity contribution >= 4 is 23.2 Å². The molecule has 0 spiro atoms. The van der Waals surface area contributed by atoms with Gasteiger partial charge in [0.25, 0.3) is 0 Å². The van der Waals surface area contributed by atoms with Crippen molar-refractivity contribution in [2.75, 3.05) is 0 Å². The molecule has 13 heavy (non-hydrogen) atoms. The first kappa shape index (κ1) is 10.3. The number of pyridine rings is 1. The maximum atomic E-state index is 8.42. The smallest absolute Gasteiger partial charge is 0.135 e. The summed E-state index contributed by atoms with van der Waals surface area (Å²) < 4.78 is 0. The van der Waals surface area contributed by atoms with Crippen LogP contribution in [0.5, 0.6) is 0 Å². The lowest BCUT2D eigenvalue weighted by Gasteiger charge is -2.08. The van der Waals surface area contributed by atoms with E-state index in [-0.39, 0.29) is 11.6 Å². The van der Waals surface area contributed by atoms with Crippen LogP contribution in [0.3, 0.4) is 0 Å². The second-order valence-electron chi connectivity index (χ2n) is 2.48. The van der Waals surface area contributed by atoms with Crippen LogP contribution in [0.2, 0.25) is 10.3 Å². The first-order chi connectivity index (χ1) is 6.15. The van der Waals surface area contributed by atoms with E-state index in [1.54, 1.807) is 12.1 Å². The molecule has 0 unspecified atom stereocenters. The molecule has 0 aliphatic heterocycles. The quantitative estimate of drug-likeness (QED) is 0.771. The maximum Gasteiger partial charge on any atom is 0.135 e. The van der Waals surface area contributed by atoms with E-state index in [4.69, 9.17) is 34.2 Å². The molecule has 5 heteroatoms. The lowest BCUT2D eigenvalue weighted by Crippen LogP contribution is -2.10. The predicted molar refractivity (Wildman–Crippen MR) is 51.4 cm³/mol. The topological polar surface area (TPSA) is 62.7 Å². The fourth-order valence-electron chi connectivity index (χ4n) is 0.908. The molecule has 1 aromatic heterocycles. The van der Waals surface area contributed by atoms with Crippen LogP contribution in [0.15, 0.2) is 12.1 Å². The molecule has 0 aliphatic rings. The summed E-state index contributed by atoms with van der Waals surface area (Å²) in [5.41, 5.74) is 6.31. The summed E-state index contributed by atoms with van der Waals surface area (Å²) in [6, 6.07) is 4.84. The molecule has 1 heterocycles. The van der Waals surface area contributed by atoms with Gasteiger partial charge in [-0.15, -0.1) is 0 Å². The van der Waals surface area contributed by atoms with Gasteiger partial charge in [0, 0.05) is 11.6 Å². The SMILES string of the molecule is N#CC[C@H](N)c1ccc(Cl)nc1Cl. The first-order valence-electron chi connectivity index (χ1n) is 3.59. The zero-order chi connectivity index (χ0) is 9.84. The fourth-order valence-corrected chi connectivity index (χ4v) is 1.39. The van der Waals surface area contributed by atoms with Gasteiger partial charge in [-0.2, -0.15) is 5.26 Å². The van der Waals surface area contributed by atoms with Gasteiger partial charge >= 0.3 is 0 Å². The number of nitriles is 1. The monoisotopic (exact) mass is 215 g/mol. The average molecular weight is 216 g/mol. The van der Waals surface area contributed by atoms with Gasteiger partial charge in [0.2, 0.25) is 0 Å². The zero-order valence-electron chi connectivity index (χ0n) is 6.67. The third-order valence-electron chi connectivity index (χ3n) is 1.55. The minimum absolute atomic E-state index is 0.211.